The molecule has 1 heterocycles. The molecule has 0 unspecified atom stereocenters. The molecule has 1 atom stereocenters. The molecule has 1 aromatic heterocycles. The summed E-state index contributed by atoms with van der Waals surface area (Å²) < 4.78 is 7.38. The maximum absolute atomic E-state index is 9.10. The van der Waals surface area contributed by atoms with E-state index in [0.717, 1.165) is 29.1 Å². The van der Waals surface area contributed by atoms with Gasteiger partial charge in [-0.2, -0.15) is 5.26 Å². The highest BCUT2D eigenvalue weighted by molar-refractivity contribution is 5.39. The molecule has 1 N–H and O–H groups in total. The van der Waals surface area contributed by atoms with Gasteiger partial charge in [-0.15, -0.1) is 0 Å². The SMILES string of the molecule is COc1ccc(C)cc1[C@@H](C)NCc1cc(C#N)n(C)c1C. The number of hydrogen-bond acceptors (Lipinski definition) is 3. The molecule has 1 aromatic carbocycles. The molecule has 4 nitrogen and oxygen atoms in total. The maximum Gasteiger partial charge on any atom is 0.123 e. The van der Waals surface area contributed by atoms with Crippen LogP contribution in [0.3, 0.4) is 0 Å². The molecule has 116 valence electrons. The molecule has 0 saturated heterocycles. The number of aryl methyl sites for hydroxylation is 1. The minimum atomic E-state index is 0.167. The number of nitriles is 1. The predicted octanol–water partition coefficient (Wildman–Crippen LogP) is 3.37. The summed E-state index contributed by atoms with van der Waals surface area (Å²) in [5.41, 5.74) is 5.32. The Kier molecular flexibility index (Phi) is 4.89. The summed E-state index contributed by atoms with van der Waals surface area (Å²) in [7, 11) is 3.62. The Morgan fingerprint density at radius 2 is 2.05 bits per heavy atom. The zero-order valence-corrected chi connectivity index (χ0v) is 13.9. The van der Waals surface area contributed by atoms with Gasteiger partial charge in [0, 0.05) is 30.9 Å². The Bertz CT molecular complexity index is 710. The van der Waals surface area contributed by atoms with Crippen LogP contribution in [0.5, 0.6) is 5.75 Å². The van der Waals surface area contributed by atoms with Gasteiger partial charge in [0.2, 0.25) is 0 Å². The monoisotopic (exact) mass is 297 g/mol. The highest BCUT2D eigenvalue weighted by atomic mass is 16.5. The number of rotatable bonds is 5. The largest absolute Gasteiger partial charge is 0.496 e. The molecule has 4 heteroatoms. The minimum absolute atomic E-state index is 0.167. The topological polar surface area (TPSA) is 50.0 Å². The van der Waals surface area contributed by atoms with Crippen molar-refractivity contribution in [1.29, 1.82) is 5.26 Å². The third-order valence-electron chi connectivity index (χ3n) is 4.21. The van der Waals surface area contributed by atoms with Crippen LogP contribution in [0.1, 0.15) is 41.0 Å². The number of aromatic nitrogens is 1. The molecule has 0 aliphatic carbocycles. The zero-order valence-electron chi connectivity index (χ0n) is 13.9. The summed E-state index contributed by atoms with van der Waals surface area (Å²) in [6.45, 7) is 6.96. The third kappa shape index (κ3) is 3.15. The van der Waals surface area contributed by atoms with Gasteiger partial charge in [0.15, 0.2) is 0 Å². The van der Waals surface area contributed by atoms with Gasteiger partial charge in [-0.05, 0) is 38.5 Å². The van der Waals surface area contributed by atoms with Crippen LogP contribution in [0.25, 0.3) is 0 Å². The smallest absolute Gasteiger partial charge is 0.123 e. The number of benzene rings is 1. The van der Waals surface area contributed by atoms with E-state index < -0.39 is 0 Å². The summed E-state index contributed by atoms with van der Waals surface area (Å²) in [6, 6.07) is 10.5. The van der Waals surface area contributed by atoms with Crippen molar-refractivity contribution in [2.75, 3.05) is 7.11 Å². The van der Waals surface area contributed by atoms with Gasteiger partial charge < -0.3 is 14.6 Å². The summed E-state index contributed by atoms with van der Waals surface area (Å²) in [6.07, 6.45) is 0. The van der Waals surface area contributed by atoms with Gasteiger partial charge in [0.1, 0.15) is 17.5 Å². The zero-order chi connectivity index (χ0) is 16.3. The predicted molar refractivity (Wildman–Crippen MR) is 87.9 cm³/mol. The molecule has 0 fully saturated rings. The summed E-state index contributed by atoms with van der Waals surface area (Å²) in [5.74, 6) is 0.896. The van der Waals surface area contributed by atoms with Crippen molar-refractivity contribution < 1.29 is 4.74 Å². The van der Waals surface area contributed by atoms with Gasteiger partial charge >= 0.3 is 0 Å². The Balaban J connectivity index is 2.15. The van der Waals surface area contributed by atoms with Gasteiger partial charge in [-0.3, -0.25) is 0 Å². The average molecular weight is 297 g/mol. The van der Waals surface area contributed by atoms with E-state index in [4.69, 9.17) is 10.00 Å². The van der Waals surface area contributed by atoms with Crippen LogP contribution in [0.2, 0.25) is 0 Å². The lowest BCUT2D eigenvalue weighted by Gasteiger charge is -2.18. The van der Waals surface area contributed by atoms with E-state index in [1.807, 2.05) is 30.7 Å². The maximum atomic E-state index is 9.10. The highest BCUT2D eigenvalue weighted by Gasteiger charge is 2.13. The molecule has 0 amide bonds. The number of ether oxygens (including phenoxy) is 1. The van der Waals surface area contributed by atoms with Crippen LogP contribution in [0, 0.1) is 25.2 Å². The van der Waals surface area contributed by atoms with E-state index >= 15 is 0 Å². The average Bonchev–Trinajstić information content (AvgIpc) is 2.80. The molecule has 0 spiro atoms. The van der Waals surface area contributed by atoms with Crippen LogP contribution in [-0.4, -0.2) is 11.7 Å². The molecule has 0 aliphatic rings. The normalized spacial score (nSPS) is 12.0. The second kappa shape index (κ2) is 6.67. The molecular weight excluding hydrogens is 274 g/mol. The van der Waals surface area contributed by atoms with E-state index in [2.05, 4.69) is 37.4 Å². The molecular formula is C18H23N3O. The summed E-state index contributed by atoms with van der Waals surface area (Å²) in [4.78, 5) is 0. The first-order valence-electron chi connectivity index (χ1n) is 7.41. The van der Waals surface area contributed by atoms with Crippen molar-refractivity contribution in [1.82, 2.24) is 9.88 Å². The van der Waals surface area contributed by atoms with Crippen LogP contribution >= 0.6 is 0 Å². The quantitative estimate of drug-likeness (QED) is 0.920. The van der Waals surface area contributed by atoms with E-state index in [9.17, 15) is 0 Å². The minimum Gasteiger partial charge on any atom is -0.496 e. The van der Waals surface area contributed by atoms with Crippen molar-refractivity contribution >= 4 is 0 Å². The van der Waals surface area contributed by atoms with Crippen molar-refractivity contribution in [3.05, 3.63) is 52.3 Å². The number of nitrogens with one attached hydrogen (secondary N) is 1. The molecule has 0 radical (unpaired) electrons. The van der Waals surface area contributed by atoms with Crippen molar-refractivity contribution in [3.8, 4) is 11.8 Å². The van der Waals surface area contributed by atoms with E-state index in [-0.39, 0.29) is 6.04 Å². The molecule has 2 aromatic rings. The Hall–Kier alpha value is -2.25. The van der Waals surface area contributed by atoms with E-state index in [0.29, 0.717) is 5.69 Å². The van der Waals surface area contributed by atoms with Gasteiger partial charge in [-0.25, -0.2) is 0 Å². The van der Waals surface area contributed by atoms with Crippen LogP contribution in [-0.2, 0) is 13.6 Å². The highest BCUT2D eigenvalue weighted by Crippen LogP contribution is 2.26. The first-order chi connectivity index (χ1) is 10.5. The van der Waals surface area contributed by atoms with E-state index in [1.54, 1.807) is 7.11 Å². The second-order valence-corrected chi connectivity index (χ2v) is 5.66. The Morgan fingerprint density at radius 1 is 1.32 bits per heavy atom. The fourth-order valence-corrected chi connectivity index (χ4v) is 2.61. The van der Waals surface area contributed by atoms with E-state index in [1.165, 1.54) is 5.56 Å². The first-order valence-corrected chi connectivity index (χ1v) is 7.41. The molecule has 0 aliphatic heterocycles. The van der Waals surface area contributed by atoms with Crippen LogP contribution in [0.4, 0.5) is 0 Å². The van der Waals surface area contributed by atoms with Crippen LogP contribution < -0.4 is 10.1 Å². The molecule has 0 bridgehead atoms. The first kappa shape index (κ1) is 16.1. The Morgan fingerprint density at radius 3 is 2.64 bits per heavy atom. The van der Waals surface area contributed by atoms with Gasteiger partial charge in [0.25, 0.3) is 0 Å². The lowest BCUT2D eigenvalue weighted by Crippen LogP contribution is -2.19. The number of hydrogen-bond donors (Lipinski definition) is 1. The lowest BCUT2D eigenvalue weighted by molar-refractivity contribution is 0.401. The number of methoxy groups -OCH3 is 1. The lowest BCUT2D eigenvalue weighted by atomic mass is 10.0. The molecule has 2 rings (SSSR count). The van der Waals surface area contributed by atoms with Gasteiger partial charge in [-0.1, -0.05) is 17.7 Å². The summed E-state index contributed by atoms with van der Waals surface area (Å²) >= 11 is 0. The Labute approximate surface area is 132 Å². The van der Waals surface area contributed by atoms with Crippen molar-refractivity contribution in [3.63, 3.8) is 0 Å². The summed E-state index contributed by atoms with van der Waals surface area (Å²) in [5, 5.41) is 12.6. The molecule has 22 heavy (non-hydrogen) atoms. The second-order valence-electron chi connectivity index (χ2n) is 5.66. The number of nitrogens with zero attached hydrogens (tertiary/aromatic N) is 2. The van der Waals surface area contributed by atoms with Gasteiger partial charge in [0.05, 0.1) is 7.11 Å². The standard InChI is InChI=1S/C18H23N3O/c1-12-6-7-18(22-5)17(8-12)13(2)20-11-15-9-16(10-19)21(4)14(15)3/h6-9,13,20H,11H2,1-5H3/t13-/m1/s1. The van der Waals surface area contributed by atoms with Crippen molar-refractivity contribution in [2.24, 2.45) is 7.05 Å². The third-order valence-corrected chi connectivity index (χ3v) is 4.21. The fraction of sp³-hybridized carbons (Fsp3) is 0.389. The molecule has 0 saturated carbocycles. The van der Waals surface area contributed by atoms with Crippen molar-refractivity contribution in [2.45, 2.75) is 33.4 Å². The fourth-order valence-electron chi connectivity index (χ4n) is 2.61. The van der Waals surface area contributed by atoms with Crippen LogP contribution in [0.15, 0.2) is 24.3 Å².